The molecule has 0 unspecified atom stereocenters. The molecule has 2 N–H and O–H groups in total. The first-order valence-electron chi connectivity index (χ1n) is 11.9. The van der Waals surface area contributed by atoms with Crippen molar-refractivity contribution in [2.75, 3.05) is 26.4 Å². The van der Waals surface area contributed by atoms with E-state index in [2.05, 4.69) is 25.4 Å². The summed E-state index contributed by atoms with van der Waals surface area (Å²) in [5.74, 6) is 0.360. The molecule has 0 saturated carbocycles. The maximum atomic E-state index is 12.6. The fourth-order valence-electron chi connectivity index (χ4n) is 3.87. The van der Waals surface area contributed by atoms with Gasteiger partial charge in [0.2, 0.25) is 0 Å². The molecule has 9 nitrogen and oxygen atoms in total. The Kier molecular flexibility index (Phi) is 9.18. The number of ether oxygens (including phenoxy) is 3. The van der Waals surface area contributed by atoms with E-state index >= 15 is 0 Å². The van der Waals surface area contributed by atoms with Crippen molar-refractivity contribution in [1.29, 1.82) is 5.26 Å². The van der Waals surface area contributed by atoms with E-state index in [1.54, 1.807) is 24.7 Å². The second kappa shape index (κ2) is 12.9. The number of nitriles is 1. The topological polar surface area (TPSA) is 118 Å². The van der Waals surface area contributed by atoms with Gasteiger partial charge in [0.15, 0.2) is 0 Å². The molecule has 4 rings (SSSR count). The molecule has 0 aliphatic heterocycles. The summed E-state index contributed by atoms with van der Waals surface area (Å²) in [6, 6.07) is 10.0. The number of fused-ring (bicyclic) bond motifs is 1. The molecule has 0 fully saturated rings. The van der Waals surface area contributed by atoms with Gasteiger partial charge in [-0.2, -0.15) is 10.4 Å². The van der Waals surface area contributed by atoms with Crippen LogP contribution in [0.3, 0.4) is 0 Å². The monoisotopic (exact) mass is 529 g/mol. The predicted octanol–water partition coefficient (Wildman–Crippen LogP) is 5.15. The van der Waals surface area contributed by atoms with E-state index in [1.165, 1.54) is 12.1 Å². The van der Waals surface area contributed by atoms with Crippen molar-refractivity contribution in [2.24, 2.45) is 0 Å². The number of nitrogens with one attached hydrogen (secondary N) is 2. The van der Waals surface area contributed by atoms with E-state index in [4.69, 9.17) is 19.3 Å². The third kappa shape index (κ3) is 7.96. The third-order valence-electron chi connectivity index (χ3n) is 5.54. The van der Waals surface area contributed by atoms with Crippen molar-refractivity contribution in [3.63, 3.8) is 0 Å². The highest BCUT2D eigenvalue weighted by Gasteiger charge is 2.31. The Morgan fingerprint density at radius 2 is 1.87 bits per heavy atom. The van der Waals surface area contributed by atoms with E-state index in [-0.39, 0.29) is 12.2 Å². The van der Waals surface area contributed by atoms with Crippen LogP contribution in [0.15, 0.2) is 53.5 Å². The molecule has 0 aliphatic rings. The Labute approximate surface area is 216 Å². The average Bonchev–Trinajstić information content (AvgIpc) is 3.56. The Balaban J connectivity index is 1.14. The van der Waals surface area contributed by atoms with Crippen LogP contribution < -0.4 is 14.8 Å². The summed E-state index contributed by atoms with van der Waals surface area (Å²) in [7, 11) is 0. The van der Waals surface area contributed by atoms with Crippen LogP contribution in [0.1, 0.15) is 24.0 Å². The number of H-pyrrole nitrogens is 1. The smallest absolute Gasteiger partial charge is 0.490 e. The zero-order valence-electron chi connectivity index (χ0n) is 20.4. The minimum Gasteiger partial charge on any atom is -0.490 e. The summed E-state index contributed by atoms with van der Waals surface area (Å²) in [5, 5.41) is 23.7. The lowest BCUT2D eigenvalue weighted by Crippen LogP contribution is -2.18. The lowest BCUT2D eigenvalue weighted by Gasteiger charge is -2.12. The Morgan fingerprint density at radius 1 is 1.00 bits per heavy atom. The molecule has 38 heavy (non-hydrogen) atoms. The van der Waals surface area contributed by atoms with Crippen molar-refractivity contribution >= 4 is 10.9 Å². The Hall–Kier alpha value is -4.08. The minimum atomic E-state index is -4.78. The highest BCUT2D eigenvalue weighted by atomic mass is 19.4. The second-order valence-electron chi connectivity index (χ2n) is 8.43. The van der Waals surface area contributed by atoms with Gasteiger partial charge in [0.05, 0.1) is 42.4 Å². The minimum absolute atomic E-state index is 0.00334. The van der Waals surface area contributed by atoms with E-state index in [9.17, 15) is 13.2 Å². The molecule has 0 spiro atoms. The van der Waals surface area contributed by atoms with Gasteiger partial charge in [-0.1, -0.05) is 11.2 Å². The summed E-state index contributed by atoms with van der Waals surface area (Å²) in [6.07, 6.45) is 1.74. The van der Waals surface area contributed by atoms with Crippen LogP contribution in [0.25, 0.3) is 22.0 Å². The fraction of sp³-hybridized carbons (Fsp3) is 0.346. The molecule has 0 atom stereocenters. The summed E-state index contributed by atoms with van der Waals surface area (Å²) < 4.78 is 58.2. The normalized spacial score (nSPS) is 11.5. The van der Waals surface area contributed by atoms with Gasteiger partial charge < -0.3 is 24.1 Å². The van der Waals surface area contributed by atoms with Crippen molar-refractivity contribution < 1.29 is 31.9 Å². The Morgan fingerprint density at radius 3 is 2.66 bits per heavy atom. The van der Waals surface area contributed by atoms with Crippen molar-refractivity contribution in [3.05, 3.63) is 60.1 Å². The molecule has 0 bridgehead atoms. The quantitative estimate of drug-likeness (QED) is 0.215. The van der Waals surface area contributed by atoms with Gasteiger partial charge >= 0.3 is 6.36 Å². The van der Waals surface area contributed by atoms with Gasteiger partial charge in [-0.05, 0) is 60.3 Å². The number of hydrogen-bond acceptors (Lipinski definition) is 8. The molecule has 200 valence electrons. The van der Waals surface area contributed by atoms with Gasteiger partial charge in [0, 0.05) is 18.7 Å². The zero-order valence-corrected chi connectivity index (χ0v) is 20.4. The molecule has 0 saturated heterocycles. The van der Waals surface area contributed by atoms with Crippen LogP contribution >= 0.6 is 0 Å². The fourth-order valence-corrected chi connectivity index (χ4v) is 3.87. The van der Waals surface area contributed by atoms with Crippen molar-refractivity contribution in [1.82, 2.24) is 20.7 Å². The molecule has 2 aromatic carbocycles. The number of unbranched alkanes of at least 4 members (excludes halogenated alkanes) is 1. The molecule has 4 aromatic rings. The molecular weight excluding hydrogens is 503 g/mol. The number of aromatic nitrogens is 3. The number of hydrogen-bond donors (Lipinski definition) is 2. The Bertz CT molecular complexity index is 1350. The SMILES string of the molecule is N#CCc1cc(CNCCCCOCCOc2cc(-c3cnoc3)cc3[nH]ncc23)cc(OC(F)(F)F)c1. The maximum absolute atomic E-state index is 12.6. The molecule has 0 aliphatic carbocycles. The van der Waals surface area contributed by atoms with Crippen LogP contribution in [0, 0.1) is 11.3 Å². The van der Waals surface area contributed by atoms with Gasteiger partial charge in [-0.25, -0.2) is 0 Å². The molecule has 2 aromatic heterocycles. The number of rotatable bonds is 14. The van der Waals surface area contributed by atoms with Gasteiger partial charge in [-0.3, -0.25) is 5.10 Å². The highest BCUT2D eigenvalue weighted by molar-refractivity contribution is 5.89. The molecular formula is C26H26F3N5O4. The first-order chi connectivity index (χ1) is 18.4. The first-order valence-corrected chi connectivity index (χ1v) is 11.9. The number of aromatic amines is 1. The van der Waals surface area contributed by atoms with Crippen LogP contribution in [-0.4, -0.2) is 48.1 Å². The molecule has 2 heterocycles. The summed E-state index contributed by atoms with van der Waals surface area (Å²) in [6.45, 7) is 2.35. The van der Waals surface area contributed by atoms with Crippen LogP contribution in [-0.2, 0) is 17.7 Å². The van der Waals surface area contributed by atoms with Crippen LogP contribution in [0.4, 0.5) is 13.2 Å². The average molecular weight is 530 g/mol. The van der Waals surface area contributed by atoms with Gasteiger partial charge in [0.25, 0.3) is 0 Å². The van der Waals surface area contributed by atoms with E-state index in [0.29, 0.717) is 49.8 Å². The second-order valence-corrected chi connectivity index (χ2v) is 8.43. The first kappa shape index (κ1) is 27.0. The maximum Gasteiger partial charge on any atom is 0.573 e. The molecule has 0 radical (unpaired) electrons. The standard InChI is InChI=1S/C26H26F3N5O4/c27-26(28,29)38-22-10-18(3-4-30)9-19(11-22)14-31-5-1-2-6-35-7-8-36-25-13-20(21-15-33-37-17-21)12-24-23(25)16-32-34-24/h9-13,15-17,31H,1-3,5-8,14H2,(H,32,34). The number of benzene rings is 2. The largest absolute Gasteiger partial charge is 0.573 e. The molecule has 12 heteroatoms. The van der Waals surface area contributed by atoms with Crippen molar-refractivity contribution in [3.8, 4) is 28.7 Å². The van der Waals surface area contributed by atoms with Gasteiger partial charge in [0.1, 0.15) is 24.4 Å². The summed E-state index contributed by atoms with van der Waals surface area (Å²) in [5.41, 5.74) is 3.66. The third-order valence-corrected chi connectivity index (χ3v) is 5.54. The van der Waals surface area contributed by atoms with E-state index < -0.39 is 6.36 Å². The van der Waals surface area contributed by atoms with Crippen LogP contribution in [0.2, 0.25) is 0 Å². The van der Waals surface area contributed by atoms with E-state index in [1.807, 2.05) is 18.2 Å². The lowest BCUT2D eigenvalue weighted by molar-refractivity contribution is -0.274. The zero-order chi connectivity index (χ0) is 26.8. The van der Waals surface area contributed by atoms with Crippen LogP contribution in [0.5, 0.6) is 11.5 Å². The van der Waals surface area contributed by atoms with E-state index in [0.717, 1.165) is 34.9 Å². The summed E-state index contributed by atoms with van der Waals surface area (Å²) >= 11 is 0. The van der Waals surface area contributed by atoms with Gasteiger partial charge in [-0.15, -0.1) is 13.2 Å². The number of halogens is 3. The lowest BCUT2D eigenvalue weighted by atomic mass is 10.1. The van der Waals surface area contributed by atoms with Crippen molar-refractivity contribution in [2.45, 2.75) is 32.2 Å². The summed E-state index contributed by atoms with van der Waals surface area (Å²) in [4.78, 5) is 0. The highest BCUT2D eigenvalue weighted by Crippen LogP contribution is 2.31. The number of alkyl halides is 3. The molecule has 0 amide bonds. The number of nitrogens with zero attached hydrogens (tertiary/aromatic N) is 3. The predicted molar refractivity (Wildman–Crippen MR) is 131 cm³/mol.